The Morgan fingerprint density at radius 1 is 1.22 bits per heavy atom. The first-order valence-corrected chi connectivity index (χ1v) is 9.51. The second-order valence-corrected chi connectivity index (χ2v) is 7.68. The van der Waals surface area contributed by atoms with Gasteiger partial charge in [-0.15, -0.1) is 24.0 Å². The molecule has 2 N–H and O–H groups in total. The summed E-state index contributed by atoms with van der Waals surface area (Å²) in [6, 6.07) is 6.15. The molecule has 0 aromatic heterocycles. The van der Waals surface area contributed by atoms with Gasteiger partial charge >= 0.3 is 0 Å². The van der Waals surface area contributed by atoms with Crippen molar-refractivity contribution < 1.29 is 14.2 Å². The number of hydrogen-bond acceptors (Lipinski definition) is 4. The van der Waals surface area contributed by atoms with Crippen LogP contribution >= 0.6 is 24.0 Å². The van der Waals surface area contributed by atoms with Crippen molar-refractivity contribution in [2.45, 2.75) is 38.5 Å². The van der Waals surface area contributed by atoms with E-state index in [0.717, 1.165) is 56.1 Å². The fraction of sp³-hybridized carbons (Fsp3) is 0.650. The molecule has 0 bridgehead atoms. The lowest BCUT2D eigenvalue weighted by atomic mass is 9.84. The molecular weight excluding hydrogens is 457 g/mol. The third kappa shape index (κ3) is 6.71. The molecule has 152 valence electrons. The number of halogens is 1. The van der Waals surface area contributed by atoms with Crippen LogP contribution in [0.25, 0.3) is 0 Å². The summed E-state index contributed by atoms with van der Waals surface area (Å²) in [5, 5.41) is 6.77. The van der Waals surface area contributed by atoms with Crippen molar-refractivity contribution >= 4 is 29.9 Å². The van der Waals surface area contributed by atoms with E-state index in [9.17, 15) is 0 Å². The van der Waals surface area contributed by atoms with Crippen LogP contribution in [0.4, 0.5) is 0 Å². The predicted octanol–water partition coefficient (Wildman–Crippen LogP) is 3.29. The van der Waals surface area contributed by atoms with Crippen LogP contribution in [0.1, 0.15) is 38.7 Å². The number of nitrogens with zero attached hydrogens (tertiary/aromatic N) is 1. The number of benzene rings is 1. The van der Waals surface area contributed by atoms with Crippen molar-refractivity contribution in [1.82, 2.24) is 10.6 Å². The standard InChI is InChI=1S/C20H31N3O3.HI/c1-20(2,16-7-8-17-18(11-16)26-14-25-17)13-23-19(21-3)22-9-4-10-24-12-15-5-6-15;/h7-8,11,15H,4-6,9-10,12-14H2,1-3H3,(H2,21,22,23);1H. The van der Waals surface area contributed by atoms with Crippen LogP contribution in [0.5, 0.6) is 11.5 Å². The average Bonchev–Trinajstić information content (AvgIpc) is 3.34. The maximum Gasteiger partial charge on any atom is 0.231 e. The zero-order valence-electron chi connectivity index (χ0n) is 16.5. The molecule has 1 aliphatic heterocycles. The van der Waals surface area contributed by atoms with E-state index in [2.05, 4.69) is 41.6 Å². The molecule has 3 rings (SSSR count). The highest BCUT2D eigenvalue weighted by Crippen LogP contribution is 2.36. The molecular formula is C20H32IN3O3. The Bertz CT molecular complexity index is 633. The number of aliphatic imine (C=N–C) groups is 1. The molecule has 27 heavy (non-hydrogen) atoms. The summed E-state index contributed by atoms with van der Waals surface area (Å²) >= 11 is 0. The summed E-state index contributed by atoms with van der Waals surface area (Å²) < 4.78 is 16.5. The highest BCUT2D eigenvalue weighted by atomic mass is 127. The predicted molar refractivity (Wildman–Crippen MR) is 119 cm³/mol. The lowest BCUT2D eigenvalue weighted by Gasteiger charge is -2.27. The molecule has 0 saturated heterocycles. The first-order chi connectivity index (χ1) is 12.6. The number of ether oxygens (including phenoxy) is 3. The van der Waals surface area contributed by atoms with Gasteiger partial charge in [-0.05, 0) is 42.9 Å². The molecule has 0 radical (unpaired) electrons. The van der Waals surface area contributed by atoms with E-state index in [1.54, 1.807) is 7.05 Å². The highest BCUT2D eigenvalue weighted by Gasteiger charge is 2.24. The largest absolute Gasteiger partial charge is 0.454 e. The van der Waals surface area contributed by atoms with Crippen molar-refractivity contribution in [2.24, 2.45) is 10.9 Å². The minimum atomic E-state index is -0.0635. The summed E-state index contributed by atoms with van der Waals surface area (Å²) in [5.74, 6) is 3.29. The topological polar surface area (TPSA) is 64.1 Å². The van der Waals surface area contributed by atoms with Crippen LogP contribution in [0, 0.1) is 5.92 Å². The van der Waals surface area contributed by atoms with E-state index < -0.39 is 0 Å². The van der Waals surface area contributed by atoms with E-state index in [-0.39, 0.29) is 29.4 Å². The minimum Gasteiger partial charge on any atom is -0.454 e. The van der Waals surface area contributed by atoms with Gasteiger partial charge in [-0.2, -0.15) is 0 Å². The first kappa shape index (κ1) is 22.1. The van der Waals surface area contributed by atoms with Crippen molar-refractivity contribution in [3.63, 3.8) is 0 Å². The van der Waals surface area contributed by atoms with Gasteiger partial charge in [-0.25, -0.2) is 0 Å². The Balaban J connectivity index is 0.00000261. The molecule has 1 fully saturated rings. The quantitative estimate of drug-likeness (QED) is 0.241. The second-order valence-electron chi connectivity index (χ2n) is 7.68. The number of guanidine groups is 1. The molecule has 6 nitrogen and oxygen atoms in total. The van der Waals surface area contributed by atoms with Crippen molar-refractivity contribution in [1.29, 1.82) is 0 Å². The maximum atomic E-state index is 5.66. The third-order valence-electron chi connectivity index (χ3n) is 4.88. The van der Waals surface area contributed by atoms with Crippen molar-refractivity contribution in [3.05, 3.63) is 23.8 Å². The summed E-state index contributed by atoms with van der Waals surface area (Å²) in [7, 11) is 1.80. The zero-order chi connectivity index (χ0) is 18.4. The minimum absolute atomic E-state index is 0. The van der Waals surface area contributed by atoms with Crippen LogP contribution in [-0.4, -0.2) is 46.1 Å². The molecule has 0 spiro atoms. The Labute approximate surface area is 179 Å². The molecule has 1 aliphatic carbocycles. The number of hydrogen-bond donors (Lipinski definition) is 2. The molecule has 0 amide bonds. The van der Waals surface area contributed by atoms with Crippen LogP contribution in [0.3, 0.4) is 0 Å². The lowest BCUT2D eigenvalue weighted by Crippen LogP contribution is -2.43. The van der Waals surface area contributed by atoms with Gasteiger partial charge < -0.3 is 24.8 Å². The molecule has 1 saturated carbocycles. The van der Waals surface area contributed by atoms with E-state index >= 15 is 0 Å². The molecule has 2 aliphatic rings. The monoisotopic (exact) mass is 489 g/mol. The average molecular weight is 489 g/mol. The van der Waals surface area contributed by atoms with Crippen LogP contribution in [0.2, 0.25) is 0 Å². The Hall–Kier alpha value is -1.22. The number of nitrogens with one attached hydrogen (secondary N) is 2. The highest BCUT2D eigenvalue weighted by molar-refractivity contribution is 14.0. The van der Waals surface area contributed by atoms with Crippen LogP contribution in [0.15, 0.2) is 23.2 Å². The summed E-state index contributed by atoms with van der Waals surface area (Å²) in [4.78, 5) is 4.31. The van der Waals surface area contributed by atoms with Gasteiger partial charge in [0.2, 0.25) is 6.79 Å². The normalized spacial score (nSPS) is 16.0. The SMILES string of the molecule is CN=C(NCCCOCC1CC1)NCC(C)(C)c1ccc2c(c1)OCO2.I. The molecule has 0 atom stereocenters. The van der Waals surface area contributed by atoms with Gasteiger partial charge in [-0.3, -0.25) is 4.99 Å². The van der Waals surface area contributed by atoms with Gasteiger partial charge in [0.1, 0.15) is 0 Å². The Morgan fingerprint density at radius 3 is 2.74 bits per heavy atom. The summed E-state index contributed by atoms with van der Waals surface area (Å²) in [6.45, 7) is 8.07. The van der Waals surface area contributed by atoms with Gasteiger partial charge in [-0.1, -0.05) is 19.9 Å². The first-order valence-electron chi connectivity index (χ1n) is 9.51. The fourth-order valence-corrected chi connectivity index (χ4v) is 2.86. The number of rotatable bonds is 9. The van der Waals surface area contributed by atoms with E-state index in [0.29, 0.717) is 6.79 Å². The molecule has 1 aromatic rings. The maximum absolute atomic E-state index is 5.66. The Kier molecular flexibility index (Phi) is 8.47. The van der Waals surface area contributed by atoms with Gasteiger partial charge in [0, 0.05) is 38.8 Å². The second kappa shape index (κ2) is 10.4. The zero-order valence-corrected chi connectivity index (χ0v) is 18.9. The number of fused-ring (bicyclic) bond motifs is 1. The van der Waals surface area contributed by atoms with E-state index in [4.69, 9.17) is 14.2 Å². The Morgan fingerprint density at radius 2 is 2.00 bits per heavy atom. The molecule has 1 heterocycles. The molecule has 1 aromatic carbocycles. The van der Waals surface area contributed by atoms with Gasteiger partial charge in [0.25, 0.3) is 0 Å². The molecule has 0 unspecified atom stereocenters. The van der Waals surface area contributed by atoms with Crippen molar-refractivity contribution in [2.75, 3.05) is 40.1 Å². The summed E-state index contributed by atoms with van der Waals surface area (Å²) in [6.07, 6.45) is 3.67. The van der Waals surface area contributed by atoms with E-state index in [1.165, 1.54) is 18.4 Å². The lowest BCUT2D eigenvalue weighted by molar-refractivity contribution is 0.123. The third-order valence-corrected chi connectivity index (χ3v) is 4.88. The molecule has 7 heteroatoms. The fourth-order valence-electron chi connectivity index (χ4n) is 2.86. The van der Waals surface area contributed by atoms with Crippen molar-refractivity contribution in [3.8, 4) is 11.5 Å². The van der Waals surface area contributed by atoms with Gasteiger partial charge in [0.05, 0.1) is 0 Å². The van der Waals surface area contributed by atoms with E-state index in [1.807, 2.05) is 6.07 Å². The van der Waals surface area contributed by atoms with Crippen LogP contribution in [-0.2, 0) is 10.2 Å². The summed E-state index contributed by atoms with van der Waals surface area (Å²) in [5.41, 5.74) is 1.14. The van der Waals surface area contributed by atoms with Gasteiger partial charge in [0.15, 0.2) is 17.5 Å². The smallest absolute Gasteiger partial charge is 0.231 e. The van der Waals surface area contributed by atoms with Crippen LogP contribution < -0.4 is 20.1 Å².